The zero-order valence-electron chi connectivity index (χ0n) is 10.5. The fourth-order valence-electron chi connectivity index (χ4n) is 1.61. The number of carboxylic acid groups (broad SMARTS) is 1. The van der Waals surface area contributed by atoms with Crippen molar-refractivity contribution in [3.05, 3.63) is 29.8 Å². The maximum atomic E-state index is 11.4. The monoisotopic (exact) mass is 267 g/mol. The van der Waals surface area contributed by atoms with Gasteiger partial charge in [0.15, 0.2) is 6.04 Å². The molecule has 0 bridgehead atoms. The van der Waals surface area contributed by atoms with E-state index in [0.717, 1.165) is 0 Å². The van der Waals surface area contributed by atoms with Crippen LogP contribution in [0.1, 0.15) is 31.4 Å². The lowest BCUT2D eigenvalue weighted by atomic mass is 10.0. The average molecular weight is 267 g/mol. The van der Waals surface area contributed by atoms with Crippen LogP contribution >= 0.6 is 0 Å². The molecule has 0 fully saturated rings. The highest BCUT2D eigenvalue weighted by Crippen LogP contribution is 2.20. The van der Waals surface area contributed by atoms with Crippen LogP contribution in [-0.2, 0) is 9.59 Å². The molecule has 0 aromatic heterocycles. The van der Waals surface area contributed by atoms with Crippen molar-refractivity contribution in [1.82, 2.24) is 5.32 Å². The quantitative estimate of drug-likeness (QED) is 0.609. The number of benzene rings is 1. The van der Waals surface area contributed by atoms with E-state index >= 15 is 0 Å². The van der Waals surface area contributed by atoms with Gasteiger partial charge in [0.2, 0.25) is 5.91 Å². The van der Waals surface area contributed by atoms with Crippen molar-refractivity contribution in [3.63, 3.8) is 0 Å². The van der Waals surface area contributed by atoms with Crippen LogP contribution in [0, 0.1) is 0 Å². The number of hydrogen-bond acceptors (Lipinski definition) is 4. The number of hydrogen-bond donors (Lipinski definition) is 4. The van der Waals surface area contributed by atoms with E-state index in [9.17, 15) is 14.7 Å². The highest BCUT2D eigenvalue weighted by molar-refractivity contribution is 5.84. The molecule has 0 aliphatic heterocycles. The summed E-state index contributed by atoms with van der Waals surface area (Å²) in [5.41, 5.74) is 0.307. The third-order valence-corrected chi connectivity index (χ3v) is 2.61. The van der Waals surface area contributed by atoms with Crippen molar-refractivity contribution in [2.75, 3.05) is 0 Å². The maximum Gasteiger partial charge on any atom is 0.329 e. The van der Waals surface area contributed by atoms with Crippen LogP contribution in [0.2, 0.25) is 0 Å². The van der Waals surface area contributed by atoms with Gasteiger partial charge in [-0.1, -0.05) is 19.1 Å². The molecule has 1 aromatic rings. The van der Waals surface area contributed by atoms with Crippen LogP contribution < -0.4 is 5.32 Å². The van der Waals surface area contributed by atoms with Gasteiger partial charge in [0, 0.05) is 6.42 Å². The molecule has 1 aromatic carbocycles. The Kier molecular flexibility index (Phi) is 5.32. The zero-order chi connectivity index (χ0) is 14.4. The zero-order valence-corrected chi connectivity index (χ0v) is 10.5. The first-order valence-electron chi connectivity index (χ1n) is 5.95. The minimum absolute atomic E-state index is 0.0119. The van der Waals surface area contributed by atoms with Crippen molar-refractivity contribution >= 4 is 11.9 Å². The third kappa shape index (κ3) is 4.26. The second-order valence-corrected chi connectivity index (χ2v) is 4.17. The molecule has 4 N–H and O–H groups in total. The van der Waals surface area contributed by atoms with Gasteiger partial charge >= 0.3 is 5.97 Å². The molecular formula is C13H17NO5. The van der Waals surface area contributed by atoms with Gasteiger partial charge in [-0.3, -0.25) is 4.79 Å². The normalized spacial score (nSPS) is 13.6. The SMILES string of the molecule is CCCC(=O)N[C@H](C(=O)O)C(O)c1ccc(O)cc1. The minimum atomic E-state index is -1.41. The van der Waals surface area contributed by atoms with Gasteiger partial charge in [0.1, 0.15) is 11.9 Å². The predicted octanol–water partition coefficient (Wildman–Crippen LogP) is 0.795. The number of rotatable bonds is 6. The lowest BCUT2D eigenvalue weighted by Crippen LogP contribution is -2.44. The fourth-order valence-corrected chi connectivity index (χ4v) is 1.61. The van der Waals surface area contributed by atoms with Crippen LogP contribution in [0.25, 0.3) is 0 Å². The van der Waals surface area contributed by atoms with E-state index in [-0.39, 0.29) is 12.2 Å². The summed E-state index contributed by atoms with van der Waals surface area (Å²) in [4.78, 5) is 22.5. The number of aliphatic hydroxyl groups excluding tert-OH is 1. The van der Waals surface area contributed by atoms with E-state index in [1.54, 1.807) is 6.92 Å². The Labute approximate surface area is 110 Å². The van der Waals surface area contributed by atoms with E-state index in [4.69, 9.17) is 10.2 Å². The molecule has 6 nitrogen and oxygen atoms in total. The number of carbonyl (C=O) groups excluding carboxylic acids is 1. The van der Waals surface area contributed by atoms with Crippen molar-refractivity contribution in [1.29, 1.82) is 0 Å². The molecule has 0 aliphatic carbocycles. The smallest absolute Gasteiger partial charge is 0.329 e. The summed E-state index contributed by atoms with van der Waals surface area (Å²) in [5.74, 6) is -1.73. The molecule has 0 saturated carbocycles. The van der Waals surface area contributed by atoms with Crippen molar-refractivity contribution in [2.24, 2.45) is 0 Å². The summed E-state index contributed by atoms with van der Waals surface area (Å²) in [5, 5.41) is 30.4. The Morgan fingerprint density at radius 2 is 1.84 bits per heavy atom. The maximum absolute atomic E-state index is 11.4. The van der Waals surface area contributed by atoms with Crippen LogP contribution in [0.3, 0.4) is 0 Å². The lowest BCUT2D eigenvalue weighted by Gasteiger charge is -2.20. The van der Waals surface area contributed by atoms with Gasteiger partial charge in [-0.2, -0.15) is 0 Å². The van der Waals surface area contributed by atoms with E-state index in [1.165, 1.54) is 24.3 Å². The largest absolute Gasteiger partial charge is 0.508 e. The van der Waals surface area contributed by atoms with E-state index in [0.29, 0.717) is 12.0 Å². The second kappa shape index (κ2) is 6.75. The van der Waals surface area contributed by atoms with Crippen LogP contribution in [0.15, 0.2) is 24.3 Å². The number of phenols is 1. The Morgan fingerprint density at radius 1 is 1.26 bits per heavy atom. The molecule has 1 amide bonds. The summed E-state index contributed by atoms with van der Waals surface area (Å²) >= 11 is 0. The van der Waals surface area contributed by atoms with Crippen LogP contribution in [0.4, 0.5) is 0 Å². The molecule has 1 unspecified atom stereocenters. The van der Waals surface area contributed by atoms with Crippen molar-refractivity contribution < 1.29 is 24.9 Å². The molecule has 2 atom stereocenters. The number of aliphatic carboxylic acids is 1. The summed E-state index contributed by atoms with van der Waals surface area (Å²) in [7, 11) is 0. The number of amides is 1. The first kappa shape index (κ1) is 15.0. The molecule has 19 heavy (non-hydrogen) atoms. The summed E-state index contributed by atoms with van der Waals surface area (Å²) < 4.78 is 0. The molecule has 0 aliphatic rings. The van der Waals surface area contributed by atoms with E-state index in [1.807, 2.05) is 0 Å². The first-order valence-corrected chi connectivity index (χ1v) is 5.95. The van der Waals surface area contributed by atoms with E-state index < -0.39 is 24.0 Å². The number of aromatic hydroxyl groups is 1. The Bertz CT molecular complexity index is 443. The van der Waals surface area contributed by atoms with Gasteiger partial charge in [-0.25, -0.2) is 4.79 Å². The molecule has 1 rings (SSSR count). The minimum Gasteiger partial charge on any atom is -0.508 e. The molecule has 0 spiro atoms. The van der Waals surface area contributed by atoms with Gasteiger partial charge < -0.3 is 20.6 Å². The second-order valence-electron chi connectivity index (χ2n) is 4.17. The standard InChI is InChI=1S/C13H17NO5/c1-2-3-10(16)14-11(13(18)19)12(17)8-4-6-9(15)7-5-8/h4-7,11-12,15,17H,2-3H2,1H3,(H,14,16)(H,18,19)/t11-,12?/m0/s1. The average Bonchev–Trinajstić information content (AvgIpc) is 2.36. The fraction of sp³-hybridized carbons (Fsp3) is 0.385. The topological polar surface area (TPSA) is 107 Å². The van der Waals surface area contributed by atoms with Gasteiger partial charge in [0.25, 0.3) is 0 Å². The Hall–Kier alpha value is -2.08. The first-order chi connectivity index (χ1) is 8.95. The predicted molar refractivity (Wildman–Crippen MR) is 67.5 cm³/mol. The van der Waals surface area contributed by atoms with Gasteiger partial charge in [-0.15, -0.1) is 0 Å². The third-order valence-electron chi connectivity index (χ3n) is 2.61. The highest BCUT2D eigenvalue weighted by atomic mass is 16.4. The molecular weight excluding hydrogens is 250 g/mol. The Morgan fingerprint density at radius 3 is 2.32 bits per heavy atom. The number of aliphatic hydroxyl groups is 1. The van der Waals surface area contributed by atoms with E-state index in [2.05, 4.69) is 5.32 Å². The Balaban J connectivity index is 2.83. The molecule has 104 valence electrons. The van der Waals surface area contributed by atoms with Gasteiger partial charge in [-0.05, 0) is 24.1 Å². The summed E-state index contributed by atoms with van der Waals surface area (Å²) in [6, 6.07) is 4.07. The molecule has 0 radical (unpaired) electrons. The summed E-state index contributed by atoms with van der Waals surface area (Å²) in [6.07, 6.45) is -0.585. The number of carboxylic acids is 1. The van der Waals surface area contributed by atoms with Crippen molar-refractivity contribution in [2.45, 2.75) is 31.9 Å². The van der Waals surface area contributed by atoms with Gasteiger partial charge in [0.05, 0.1) is 0 Å². The summed E-state index contributed by atoms with van der Waals surface area (Å²) in [6.45, 7) is 1.80. The van der Waals surface area contributed by atoms with Crippen LogP contribution in [0.5, 0.6) is 5.75 Å². The molecule has 0 heterocycles. The number of nitrogens with one attached hydrogen (secondary N) is 1. The molecule has 6 heteroatoms. The van der Waals surface area contributed by atoms with Crippen molar-refractivity contribution in [3.8, 4) is 5.75 Å². The number of phenolic OH excluding ortho intramolecular Hbond substituents is 1. The lowest BCUT2D eigenvalue weighted by molar-refractivity contribution is -0.145. The number of carbonyl (C=O) groups is 2. The molecule has 0 saturated heterocycles. The van der Waals surface area contributed by atoms with Crippen LogP contribution in [-0.4, -0.2) is 33.2 Å². The highest BCUT2D eigenvalue weighted by Gasteiger charge is 2.29.